The van der Waals surface area contributed by atoms with Crippen LogP contribution < -0.4 is 0 Å². The topological polar surface area (TPSA) is 12.4 Å². The Hall–Kier alpha value is -2.02. The van der Waals surface area contributed by atoms with E-state index in [1.54, 1.807) is 0 Å². The first-order valence-electron chi connectivity index (χ1n) is 5.29. The Labute approximate surface area is 106 Å². The number of hydrogen-bond donors (Lipinski definition) is 0. The predicted molar refractivity (Wildman–Crippen MR) is 76.5 cm³/mol. The lowest BCUT2D eigenvalue weighted by molar-refractivity contribution is 1.54. The van der Waals surface area contributed by atoms with Gasteiger partial charge in [-0.3, -0.25) is 0 Å². The van der Waals surface area contributed by atoms with Crippen LogP contribution in [0.25, 0.3) is 12.2 Å². The number of benzene rings is 2. The first kappa shape index (κ1) is 11.5. The lowest BCUT2D eigenvalue weighted by Gasteiger charge is -1.95. The molecular formula is C15H11NS. The van der Waals surface area contributed by atoms with Gasteiger partial charge in [-0.1, -0.05) is 54.6 Å². The lowest BCUT2D eigenvalue weighted by atomic mass is 10.1. The third-order valence-corrected chi connectivity index (χ3v) is 2.43. The zero-order chi connectivity index (χ0) is 11.9. The molecule has 0 aliphatic carbocycles. The lowest BCUT2D eigenvalue weighted by Crippen LogP contribution is -1.72. The van der Waals surface area contributed by atoms with Crippen LogP contribution in [0.3, 0.4) is 0 Å². The second kappa shape index (κ2) is 5.90. The van der Waals surface area contributed by atoms with Crippen LogP contribution in [0.5, 0.6) is 0 Å². The summed E-state index contributed by atoms with van der Waals surface area (Å²) >= 11 is 4.55. The van der Waals surface area contributed by atoms with Gasteiger partial charge in [-0.15, -0.1) is 0 Å². The van der Waals surface area contributed by atoms with Crippen LogP contribution in [0.15, 0.2) is 59.6 Å². The summed E-state index contributed by atoms with van der Waals surface area (Å²) < 4.78 is 0. The zero-order valence-electron chi connectivity index (χ0n) is 9.21. The smallest absolute Gasteiger partial charge is 0.0739 e. The number of thiocarbonyl (C=S) groups is 1. The minimum Gasteiger partial charge on any atom is -0.195 e. The summed E-state index contributed by atoms with van der Waals surface area (Å²) in [6.07, 6.45) is 4.15. The van der Waals surface area contributed by atoms with Gasteiger partial charge in [-0.05, 0) is 35.5 Å². The van der Waals surface area contributed by atoms with E-state index >= 15 is 0 Å². The Morgan fingerprint density at radius 3 is 2.00 bits per heavy atom. The molecular weight excluding hydrogens is 226 g/mol. The van der Waals surface area contributed by atoms with Gasteiger partial charge in [-0.2, -0.15) is 4.99 Å². The van der Waals surface area contributed by atoms with Crippen molar-refractivity contribution in [2.24, 2.45) is 4.99 Å². The largest absolute Gasteiger partial charge is 0.195 e. The average molecular weight is 237 g/mol. The first-order chi connectivity index (χ1) is 8.38. The Kier molecular flexibility index (Phi) is 3.98. The van der Waals surface area contributed by atoms with E-state index in [9.17, 15) is 0 Å². The highest BCUT2D eigenvalue weighted by molar-refractivity contribution is 7.78. The molecule has 2 heteroatoms. The molecule has 82 valence electrons. The van der Waals surface area contributed by atoms with Gasteiger partial charge < -0.3 is 0 Å². The third-order valence-electron chi connectivity index (χ3n) is 2.34. The minimum atomic E-state index is 0.830. The normalized spacial score (nSPS) is 10.1. The highest BCUT2D eigenvalue weighted by Crippen LogP contribution is 2.14. The molecule has 0 aliphatic heterocycles. The Balaban J connectivity index is 2.14. The summed E-state index contributed by atoms with van der Waals surface area (Å²) in [7, 11) is 0. The maximum Gasteiger partial charge on any atom is 0.0739 e. The standard InChI is InChI=1S/C15H11NS/c17-12-16-15-10-8-14(9-11-15)7-6-13-4-2-1-3-5-13/h1-11H. The predicted octanol–water partition coefficient (Wildman–Crippen LogP) is 4.59. The Bertz CT molecular complexity index is 549. The molecule has 0 bridgehead atoms. The monoisotopic (exact) mass is 237 g/mol. The van der Waals surface area contributed by atoms with Gasteiger partial charge in [-0.25, -0.2) is 0 Å². The molecule has 0 atom stereocenters. The van der Waals surface area contributed by atoms with Crippen molar-refractivity contribution in [3.05, 3.63) is 65.7 Å². The van der Waals surface area contributed by atoms with Crippen LogP contribution in [-0.2, 0) is 0 Å². The van der Waals surface area contributed by atoms with Crippen LogP contribution >= 0.6 is 12.2 Å². The van der Waals surface area contributed by atoms with E-state index in [1.165, 1.54) is 5.56 Å². The maximum atomic E-state index is 4.55. The van der Waals surface area contributed by atoms with Crippen molar-refractivity contribution >= 4 is 35.2 Å². The van der Waals surface area contributed by atoms with Gasteiger partial charge in [0.1, 0.15) is 0 Å². The van der Waals surface area contributed by atoms with Crippen molar-refractivity contribution in [2.75, 3.05) is 0 Å². The third kappa shape index (κ3) is 3.49. The van der Waals surface area contributed by atoms with Crippen LogP contribution in [0.4, 0.5) is 5.69 Å². The van der Waals surface area contributed by atoms with E-state index in [4.69, 9.17) is 0 Å². The molecule has 2 rings (SSSR count). The van der Waals surface area contributed by atoms with Crippen LogP contribution in [0.2, 0.25) is 0 Å². The fourth-order valence-corrected chi connectivity index (χ4v) is 1.57. The molecule has 1 nitrogen and oxygen atoms in total. The Morgan fingerprint density at radius 2 is 1.41 bits per heavy atom. The number of nitrogens with zero attached hydrogens (tertiary/aromatic N) is 1. The Morgan fingerprint density at radius 1 is 0.824 bits per heavy atom. The SMILES string of the molecule is S=C=Nc1ccc(C=Cc2ccccc2)cc1. The van der Waals surface area contributed by atoms with Crippen molar-refractivity contribution in [3.8, 4) is 0 Å². The van der Waals surface area contributed by atoms with Crippen LogP contribution in [-0.4, -0.2) is 5.16 Å². The maximum absolute atomic E-state index is 4.55. The fraction of sp³-hybridized carbons (Fsp3) is 0. The van der Waals surface area contributed by atoms with Gasteiger partial charge in [0.05, 0.1) is 10.8 Å². The van der Waals surface area contributed by atoms with Crippen molar-refractivity contribution < 1.29 is 0 Å². The number of hydrogen-bond acceptors (Lipinski definition) is 2. The fourth-order valence-electron chi connectivity index (χ4n) is 1.47. The van der Waals surface area contributed by atoms with E-state index < -0.39 is 0 Å². The molecule has 0 fully saturated rings. The molecule has 0 radical (unpaired) electrons. The molecule has 0 saturated carbocycles. The minimum absolute atomic E-state index is 0.830. The van der Waals surface area contributed by atoms with E-state index in [0.717, 1.165) is 11.3 Å². The second-order valence-electron chi connectivity index (χ2n) is 3.54. The summed E-state index contributed by atoms with van der Waals surface area (Å²) in [5.41, 5.74) is 3.16. The van der Waals surface area contributed by atoms with E-state index in [2.05, 4.69) is 46.7 Å². The van der Waals surface area contributed by atoms with E-state index in [1.807, 2.05) is 42.5 Å². The zero-order valence-corrected chi connectivity index (χ0v) is 10.0. The number of rotatable bonds is 3. The molecule has 0 unspecified atom stereocenters. The van der Waals surface area contributed by atoms with Crippen LogP contribution in [0.1, 0.15) is 11.1 Å². The van der Waals surface area contributed by atoms with Gasteiger partial charge >= 0.3 is 0 Å². The van der Waals surface area contributed by atoms with Gasteiger partial charge in [0.2, 0.25) is 0 Å². The summed E-state index contributed by atoms with van der Waals surface area (Å²) in [6.45, 7) is 0. The van der Waals surface area contributed by atoms with Crippen LogP contribution in [0, 0.1) is 0 Å². The van der Waals surface area contributed by atoms with Crippen molar-refractivity contribution in [2.45, 2.75) is 0 Å². The second-order valence-corrected chi connectivity index (χ2v) is 3.72. The molecule has 0 aliphatic rings. The van der Waals surface area contributed by atoms with Crippen molar-refractivity contribution in [1.82, 2.24) is 0 Å². The summed E-state index contributed by atoms with van der Waals surface area (Å²) in [6, 6.07) is 18.1. The molecule has 0 aromatic heterocycles. The quantitative estimate of drug-likeness (QED) is 0.432. The van der Waals surface area contributed by atoms with Crippen molar-refractivity contribution in [3.63, 3.8) is 0 Å². The summed E-state index contributed by atoms with van der Waals surface area (Å²) in [5.74, 6) is 0. The molecule has 0 spiro atoms. The molecule has 0 heterocycles. The highest BCUT2D eigenvalue weighted by atomic mass is 32.1. The van der Waals surface area contributed by atoms with Gasteiger partial charge in [0, 0.05) is 0 Å². The van der Waals surface area contributed by atoms with E-state index in [-0.39, 0.29) is 0 Å². The molecule has 0 saturated heterocycles. The molecule has 0 amide bonds. The van der Waals surface area contributed by atoms with E-state index in [0.29, 0.717) is 0 Å². The number of aliphatic imine (C=N–C) groups is 1. The molecule has 2 aromatic rings. The van der Waals surface area contributed by atoms with Gasteiger partial charge in [0.15, 0.2) is 0 Å². The summed E-state index contributed by atoms with van der Waals surface area (Å²) in [5, 5.41) is 2.35. The highest BCUT2D eigenvalue weighted by Gasteiger charge is 1.89. The van der Waals surface area contributed by atoms with Gasteiger partial charge in [0.25, 0.3) is 0 Å². The number of isothiocyanates is 1. The molecule has 0 N–H and O–H groups in total. The molecule has 2 aromatic carbocycles. The summed E-state index contributed by atoms with van der Waals surface area (Å²) in [4.78, 5) is 3.91. The average Bonchev–Trinajstić information content (AvgIpc) is 2.40. The first-order valence-corrected chi connectivity index (χ1v) is 5.70. The molecule has 17 heavy (non-hydrogen) atoms. The van der Waals surface area contributed by atoms with Crippen molar-refractivity contribution in [1.29, 1.82) is 0 Å².